The minimum absolute atomic E-state index is 0.593. The van der Waals surface area contributed by atoms with Crippen molar-refractivity contribution >= 4 is 23.0 Å². The first-order valence-corrected chi connectivity index (χ1v) is 11.1. The summed E-state index contributed by atoms with van der Waals surface area (Å²) in [7, 11) is 1.63. The van der Waals surface area contributed by atoms with Gasteiger partial charge in [0.1, 0.15) is 11.5 Å². The van der Waals surface area contributed by atoms with E-state index in [4.69, 9.17) is 18.9 Å². The van der Waals surface area contributed by atoms with Gasteiger partial charge in [0, 0.05) is 43.0 Å². The lowest BCUT2D eigenvalue weighted by molar-refractivity contribution is -0.105. The van der Waals surface area contributed by atoms with Gasteiger partial charge in [0.2, 0.25) is 6.41 Å². The number of hydrogen-bond donors (Lipinski definition) is 1. The smallest absolute Gasteiger partial charge is 0.211 e. The van der Waals surface area contributed by atoms with Crippen LogP contribution in [-0.4, -0.2) is 62.9 Å². The molecular formula is C25H29N3O5. The summed E-state index contributed by atoms with van der Waals surface area (Å²) in [5.74, 6) is 2.62. The number of benzene rings is 2. The van der Waals surface area contributed by atoms with Gasteiger partial charge < -0.3 is 24.3 Å². The molecule has 1 amide bonds. The van der Waals surface area contributed by atoms with E-state index in [0.717, 1.165) is 61.4 Å². The van der Waals surface area contributed by atoms with E-state index in [9.17, 15) is 4.79 Å². The number of amides is 1. The molecule has 3 aromatic rings. The highest BCUT2D eigenvalue weighted by Gasteiger charge is 2.14. The molecule has 1 N–H and O–H groups in total. The van der Waals surface area contributed by atoms with E-state index in [2.05, 4.69) is 15.2 Å². The minimum Gasteiger partial charge on any atom is -0.493 e. The molecule has 1 fully saturated rings. The van der Waals surface area contributed by atoms with E-state index >= 15 is 0 Å². The zero-order valence-corrected chi connectivity index (χ0v) is 19.0. The average molecular weight is 452 g/mol. The maximum absolute atomic E-state index is 10.7. The number of ether oxygens (including phenoxy) is 4. The lowest BCUT2D eigenvalue weighted by atomic mass is 10.1. The van der Waals surface area contributed by atoms with Crippen LogP contribution in [0.15, 0.2) is 42.6 Å². The number of rotatable bonds is 10. The lowest BCUT2D eigenvalue weighted by Crippen LogP contribution is -2.37. The summed E-state index contributed by atoms with van der Waals surface area (Å²) in [6.07, 6.45) is 3.29. The number of hydrogen-bond acceptors (Lipinski definition) is 7. The number of pyridine rings is 1. The number of aromatic nitrogens is 1. The van der Waals surface area contributed by atoms with Gasteiger partial charge >= 0.3 is 0 Å². The summed E-state index contributed by atoms with van der Waals surface area (Å²) in [6.45, 7) is 7.04. The van der Waals surface area contributed by atoms with Crippen molar-refractivity contribution in [3.05, 3.63) is 48.2 Å². The van der Waals surface area contributed by atoms with Gasteiger partial charge in [-0.1, -0.05) is 0 Å². The summed E-state index contributed by atoms with van der Waals surface area (Å²) in [6, 6.07) is 11.1. The molecule has 0 bridgehead atoms. The molecule has 2 heterocycles. The first-order valence-electron chi connectivity index (χ1n) is 11.1. The van der Waals surface area contributed by atoms with Crippen LogP contribution in [0.1, 0.15) is 12.0 Å². The number of carbonyl (C=O) groups excluding carboxylic acids is 1. The van der Waals surface area contributed by atoms with Gasteiger partial charge in [-0.2, -0.15) is 0 Å². The first kappa shape index (κ1) is 22.8. The first-order chi connectivity index (χ1) is 16.2. The molecule has 0 saturated carbocycles. The number of aryl methyl sites for hydroxylation is 1. The molecule has 2 aromatic carbocycles. The van der Waals surface area contributed by atoms with Crippen LogP contribution < -0.4 is 19.5 Å². The number of nitrogens with one attached hydrogen (secondary N) is 1. The molecule has 1 aliphatic rings. The summed E-state index contributed by atoms with van der Waals surface area (Å²) >= 11 is 0. The van der Waals surface area contributed by atoms with Crippen LogP contribution in [0, 0.1) is 6.92 Å². The van der Waals surface area contributed by atoms with Gasteiger partial charge in [-0.05, 0) is 49.2 Å². The molecule has 4 rings (SSSR count). The van der Waals surface area contributed by atoms with E-state index in [1.165, 1.54) is 0 Å². The van der Waals surface area contributed by atoms with Crippen molar-refractivity contribution in [2.45, 2.75) is 13.3 Å². The zero-order valence-electron chi connectivity index (χ0n) is 19.0. The van der Waals surface area contributed by atoms with Crippen molar-refractivity contribution in [1.82, 2.24) is 9.88 Å². The van der Waals surface area contributed by atoms with Gasteiger partial charge in [-0.15, -0.1) is 0 Å². The third-order valence-electron chi connectivity index (χ3n) is 5.61. The Bertz CT molecular complexity index is 1100. The molecule has 0 atom stereocenters. The second-order valence-electron chi connectivity index (χ2n) is 7.83. The molecule has 8 nitrogen and oxygen atoms in total. The standard InChI is InChI=1S/C25H29N3O5/c1-18-14-19(4-5-21(18)27-17-29)33-23-6-7-26-22-16-25(24(30-2)15-20(22)23)32-11-3-8-28-9-12-31-13-10-28/h4-7,14-17H,3,8-13H2,1-2H3,(H,27,29). The number of methoxy groups -OCH3 is 1. The monoisotopic (exact) mass is 451 g/mol. The van der Waals surface area contributed by atoms with Crippen molar-refractivity contribution in [2.75, 3.05) is 51.9 Å². The van der Waals surface area contributed by atoms with Crippen molar-refractivity contribution < 1.29 is 23.7 Å². The van der Waals surface area contributed by atoms with Gasteiger partial charge in [-0.25, -0.2) is 0 Å². The molecule has 174 valence electrons. The molecule has 0 aliphatic carbocycles. The molecule has 1 aromatic heterocycles. The molecule has 0 radical (unpaired) electrons. The van der Waals surface area contributed by atoms with Gasteiger partial charge in [0.05, 0.1) is 32.4 Å². The normalized spacial score (nSPS) is 14.1. The molecule has 8 heteroatoms. The van der Waals surface area contributed by atoms with Crippen LogP contribution in [0.25, 0.3) is 10.9 Å². The van der Waals surface area contributed by atoms with Gasteiger partial charge in [0.25, 0.3) is 0 Å². The lowest BCUT2D eigenvalue weighted by Gasteiger charge is -2.26. The summed E-state index contributed by atoms with van der Waals surface area (Å²) < 4.78 is 23.2. The fourth-order valence-electron chi connectivity index (χ4n) is 3.84. The maximum Gasteiger partial charge on any atom is 0.211 e. The topological polar surface area (TPSA) is 82.2 Å². The van der Waals surface area contributed by atoms with Gasteiger partial charge in [0.15, 0.2) is 11.5 Å². The molecule has 1 saturated heterocycles. The summed E-state index contributed by atoms with van der Waals surface area (Å²) in [4.78, 5) is 17.6. The van der Waals surface area contributed by atoms with Crippen LogP contribution in [0.3, 0.4) is 0 Å². The molecule has 33 heavy (non-hydrogen) atoms. The van der Waals surface area contributed by atoms with Crippen LogP contribution >= 0.6 is 0 Å². The van der Waals surface area contributed by atoms with Crippen LogP contribution in [0.2, 0.25) is 0 Å². The average Bonchev–Trinajstić information content (AvgIpc) is 2.84. The van der Waals surface area contributed by atoms with Gasteiger partial charge in [-0.3, -0.25) is 14.7 Å². The highest BCUT2D eigenvalue weighted by Crippen LogP contribution is 2.37. The number of morpholine rings is 1. The quantitative estimate of drug-likeness (QED) is 0.368. The highest BCUT2D eigenvalue weighted by molar-refractivity contribution is 5.88. The Hall–Kier alpha value is -3.36. The Morgan fingerprint density at radius 2 is 1.97 bits per heavy atom. The Morgan fingerprint density at radius 3 is 2.73 bits per heavy atom. The Kier molecular flexibility index (Phi) is 7.59. The number of anilines is 1. The molecular weight excluding hydrogens is 422 g/mol. The van der Waals surface area contributed by atoms with Crippen molar-refractivity contribution in [3.8, 4) is 23.0 Å². The highest BCUT2D eigenvalue weighted by atomic mass is 16.5. The summed E-state index contributed by atoms with van der Waals surface area (Å²) in [5.41, 5.74) is 2.41. The van der Waals surface area contributed by atoms with Crippen LogP contribution in [0.5, 0.6) is 23.0 Å². The zero-order chi connectivity index (χ0) is 23.0. The second-order valence-corrected chi connectivity index (χ2v) is 7.83. The largest absolute Gasteiger partial charge is 0.493 e. The Morgan fingerprint density at radius 1 is 1.12 bits per heavy atom. The predicted octanol–water partition coefficient (Wildman–Crippen LogP) is 4.01. The minimum atomic E-state index is 0.593. The molecule has 0 spiro atoms. The SMILES string of the molecule is COc1cc2c(Oc3ccc(NC=O)c(C)c3)ccnc2cc1OCCCN1CCOCC1. The van der Waals surface area contributed by atoms with E-state index in [-0.39, 0.29) is 0 Å². The van der Waals surface area contributed by atoms with E-state index < -0.39 is 0 Å². The Balaban J connectivity index is 1.48. The fraction of sp³-hybridized carbons (Fsp3) is 0.360. The van der Waals surface area contributed by atoms with E-state index in [1.54, 1.807) is 13.3 Å². The third kappa shape index (κ3) is 5.71. The number of fused-ring (bicyclic) bond motifs is 1. The number of carbonyl (C=O) groups is 1. The molecule has 0 unspecified atom stereocenters. The van der Waals surface area contributed by atoms with Crippen molar-refractivity contribution in [2.24, 2.45) is 0 Å². The Labute approximate surface area is 193 Å². The van der Waals surface area contributed by atoms with E-state index in [1.807, 2.05) is 43.3 Å². The molecule has 1 aliphatic heterocycles. The predicted molar refractivity (Wildman–Crippen MR) is 127 cm³/mol. The van der Waals surface area contributed by atoms with Crippen molar-refractivity contribution in [1.29, 1.82) is 0 Å². The third-order valence-corrected chi connectivity index (χ3v) is 5.61. The van der Waals surface area contributed by atoms with E-state index in [0.29, 0.717) is 36.0 Å². The maximum atomic E-state index is 10.7. The second kappa shape index (κ2) is 11.0. The van der Waals surface area contributed by atoms with Crippen LogP contribution in [0.4, 0.5) is 5.69 Å². The van der Waals surface area contributed by atoms with Crippen molar-refractivity contribution in [3.63, 3.8) is 0 Å². The summed E-state index contributed by atoms with van der Waals surface area (Å²) in [5, 5.41) is 3.49. The number of nitrogens with zero attached hydrogens (tertiary/aromatic N) is 2. The fourth-order valence-corrected chi connectivity index (χ4v) is 3.84. The van der Waals surface area contributed by atoms with Crippen LogP contribution in [-0.2, 0) is 9.53 Å².